The van der Waals surface area contributed by atoms with E-state index >= 15 is 0 Å². The Balaban J connectivity index is 1.98. The molecule has 0 unspecified atom stereocenters. The Bertz CT molecular complexity index is 531. The van der Waals surface area contributed by atoms with Crippen molar-refractivity contribution in [2.24, 2.45) is 5.92 Å². The van der Waals surface area contributed by atoms with Gasteiger partial charge in [0.25, 0.3) is 0 Å². The van der Waals surface area contributed by atoms with Gasteiger partial charge >= 0.3 is 0 Å². The fourth-order valence-corrected chi connectivity index (χ4v) is 3.47. The summed E-state index contributed by atoms with van der Waals surface area (Å²) in [6.45, 7) is 5.02. The lowest BCUT2D eigenvalue weighted by atomic mass is 10.2. The molecule has 1 amide bonds. The lowest BCUT2D eigenvalue weighted by Gasteiger charge is -2.18. The van der Waals surface area contributed by atoms with Gasteiger partial charge in [-0.2, -0.15) is 0 Å². The fourth-order valence-electron chi connectivity index (χ4n) is 1.84. The minimum Gasteiger partial charge on any atom is -0.345 e. The Morgan fingerprint density at radius 1 is 1.42 bits per heavy atom. The second-order valence-corrected chi connectivity index (χ2v) is 6.77. The van der Waals surface area contributed by atoms with Crippen LogP contribution in [0.15, 0.2) is 22.9 Å². The molecule has 0 aliphatic heterocycles. The molecule has 2 rings (SSSR count). The third kappa shape index (κ3) is 3.88. The number of thiophene rings is 1. The highest BCUT2D eigenvalue weighted by molar-refractivity contribution is 7.20. The average Bonchev–Trinajstić information content (AvgIpc) is 2.96. The van der Waals surface area contributed by atoms with Crippen molar-refractivity contribution in [2.75, 3.05) is 13.6 Å². The number of likely N-dealkylation sites (N-methyl/N-ethyl adjacent to an activating group) is 1. The highest BCUT2D eigenvalue weighted by Crippen LogP contribution is 2.27. The first-order valence-electron chi connectivity index (χ1n) is 6.28. The van der Waals surface area contributed by atoms with Gasteiger partial charge < -0.3 is 4.90 Å². The van der Waals surface area contributed by atoms with Gasteiger partial charge in [-0.1, -0.05) is 19.9 Å². The van der Waals surface area contributed by atoms with Crippen molar-refractivity contribution in [3.05, 3.63) is 28.6 Å². The van der Waals surface area contributed by atoms with E-state index in [-0.39, 0.29) is 5.91 Å². The Morgan fingerprint density at radius 2 is 2.21 bits per heavy atom. The van der Waals surface area contributed by atoms with E-state index in [0.29, 0.717) is 12.3 Å². The Hall–Kier alpha value is -1.20. The molecule has 0 aliphatic carbocycles. The van der Waals surface area contributed by atoms with Gasteiger partial charge in [-0.3, -0.25) is 4.79 Å². The number of rotatable bonds is 5. The number of carbonyl (C=O) groups is 1. The molecule has 102 valence electrons. The lowest BCUT2D eigenvalue weighted by Crippen LogP contribution is -2.31. The topological polar surface area (TPSA) is 33.2 Å². The van der Waals surface area contributed by atoms with E-state index in [1.807, 2.05) is 23.9 Å². The molecular formula is C14H18N2OS2. The number of carbonyl (C=O) groups excluding carboxylic acids is 1. The first-order valence-corrected chi connectivity index (χ1v) is 8.04. The predicted octanol–water partition coefficient (Wildman–Crippen LogP) is 3.53. The summed E-state index contributed by atoms with van der Waals surface area (Å²) in [6, 6.07) is 4.07. The maximum absolute atomic E-state index is 12.0. The third-order valence-corrected chi connectivity index (χ3v) is 4.61. The van der Waals surface area contributed by atoms with Crippen LogP contribution in [0.1, 0.15) is 19.5 Å². The third-order valence-electron chi connectivity index (χ3n) is 2.68. The van der Waals surface area contributed by atoms with Crippen LogP contribution >= 0.6 is 22.7 Å². The average molecular weight is 294 g/mol. The molecule has 0 saturated carbocycles. The van der Waals surface area contributed by atoms with Crippen molar-refractivity contribution in [3.8, 4) is 9.88 Å². The summed E-state index contributed by atoms with van der Waals surface area (Å²) >= 11 is 3.28. The van der Waals surface area contributed by atoms with Gasteiger partial charge in [0.15, 0.2) is 0 Å². The molecule has 0 atom stereocenters. The molecule has 2 aromatic rings. The Morgan fingerprint density at radius 3 is 2.84 bits per heavy atom. The summed E-state index contributed by atoms with van der Waals surface area (Å²) in [7, 11) is 1.86. The van der Waals surface area contributed by atoms with Crippen LogP contribution in [0, 0.1) is 5.92 Å². The molecule has 0 bridgehead atoms. The molecule has 0 saturated heterocycles. The monoisotopic (exact) mass is 294 g/mol. The van der Waals surface area contributed by atoms with E-state index in [0.717, 1.165) is 17.2 Å². The van der Waals surface area contributed by atoms with E-state index in [1.54, 1.807) is 27.6 Å². The van der Waals surface area contributed by atoms with Crippen LogP contribution in [0.4, 0.5) is 0 Å². The molecule has 0 aliphatic rings. The van der Waals surface area contributed by atoms with Gasteiger partial charge in [0.05, 0.1) is 17.0 Å². The number of aromatic nitrogens is 1. The number of hydrogen-bond donors (Lipinski definition) is 0. The maximum atomic E-state index is 12.0. The quantitative estimate of drug-likeness (QED) is 0.845. The van der Waals surface area contributed by atoms with E-state index < -0.39 is 0 Å². The first-order chi connectivity index (χ1) is 9.06. The summed E-state index contributed by atoms with van der Waals surface area (Å²) in [5, 5.41) is 5.03. The van der Waals surface area contributed by atoms with Gasteiger partial charge in [0, 0.05) is 19.0 Å². The number of thiazole rings is 1. The molecular weight excluding hydrogens is 276 g/mol. The molecule has 0 aromatic carbocycles. The highest BCUT2D eigenvalue weighted by Gasteiger charge is 2.13. The minimum absolute atomic E-state index is 0.136. The van der Waals surface area contributed by atoms with Crippen molar-refractivity contribution in [1.29, 1.82) is 0 Å². The van der Waals surface area contributed by atoms with Crippen LogP contribution in [-0.2, 0) is 11.2 Å². The zero-order chi connectivity index (χ0) is 13.8. The summed E-state index contributed by atoms with van der Waals surface area (Å²) in [5.41, 5.74) is 0.869. The van der Waals surface area contributed by atoms with Crippen molar-refractivity contribution in [1.82, 2.24) is 9.88 Å². The van der Waals surface area contributed by atoms with Gasteiger partial charge in [0.2, 0.25) is 5.91 Å². The van der Waals surface area contributed by atoms with E-state index in [4.69, 9.17) is 0 Å². The van der Waals surface area contributed by atoms with Crippen LogP contribution in [0.25, 0.3) is 9.88 Å². The van der Waals surface area contributed by atoms with Crippen LogP contribution < -0.4 is 0 Å². The standard InChI is InChI=1S/C14H18N2OS2/c1-10(2)8-16(3)13(17)7-11-9-19-14(15-11)12-5-4-6-18-12/h4-6,9-10H,7-8H2,1-3H3. The van der Waals surface area contributed by atoms with E-state index in [9.17, 15) is 4.79 Å². The predicted molar refractivity (Wildman–Crippen MR) is 81.6 cm³/mol. The molecule has 2 aromatic heterocycles. The van der Waals surface area contributed by atoms with Crippen molar-refractivity contribution >= 4 is 28.6 Å². The normalized spacial score (nSPS) is 10.9. The maximum Gasteiger partial charge on any atom is 0.228 e. The number of hydrogen-bond acceptors (Lipinski definition) is 4. The molecule has 0 N–H and O–H groups in total. The molecule has 5 heteroatoms. The molecule has 0 radical (unpaired) electrons. The van der Waals surface area contributed by atoms with Crippen LogP contribution in [0.5, 0.6) is 0 Å². The SMILES string of the molecule is CC(C)CN(C)C(=O)Cc1csc(-c2cccs2)n1. The minimum atomic E-state index is 0.136. The summed E-state index contributed by atoms with van der Waals surface area (Å²) < 4.78 is 0. The van der Waals surface area contributed by atoms with Crippen molar-refractivity contribution in [2.45, 2.75) is 20.3 Å². The van der Waals surface area contributed by atoms with E-state index in [1.165, 1.54) is 4.88 Å². The van der Waals surface area contributed by atoms with Crippen LogP contribution in [0.3, 0.4) is 0 Å². The lowest BCUT2D eigenvalue weighted by molar-refractivity contribution is -0.129. The van der Waals surface area contributed by atoms with Gasteiger partial charge in [-0.15, -0.1) is 22.7 Å². The summed E-state index contributed by atoms with van der Waals surface area (Å²) in [4.78, 5) is 19.5. The van der Waals surface area contributed by atoms with Gasteiger partial charge in [-0.25, -0.2) is 4.98 Å². The highest BCUT2D eigenvalue weighted by atomic mass is 32.1. The van der Waals surface area contributed by atoms with Gasteiger partial charge in [-0.05, 0) is 17.4 Å². The summed E-state index contributed by atoms with van der Waals surface area (Å²) in [6.07, 6.45) is 0.394. The largest absolute Gasteiger partial charge is 0.345 e. The van der Waals surface area contributed by atoms with Crippen LogP contribution in [0.2, 0.25) is 0 Å². The second-order valence-electron chi connectivity index (χ2n) is 4.97. The summed E-state index contributed by atoms with van der Waals surface area (Å²) in [5.74, 6) is 0.628. The van der Waals surface area contributed by atoms with Gasteiger partial charge in [0.1, 0.15) is 5.01 Å². The molecule has 0 spiro atoms. The zero-order valence-corrected chi connectivity index (χ0v) is 13.1. The van der Waals surface area contributed by atoms with E-state index in [2.05, 4.69) is 24.9 Å². The van der Waals surface area contributed by atoms with Crippen molar-refractivity contribution in [3.63, 3.8) is 0 Å². The molecule has 3 nitrogen and oxygen atoms in total. The molecule has 0 fully saturated rings. The first kappa shape index (κ1) is 14.2. The fraction of sp³-hybridized carbons (Fsp3) is 0.429. The number of nitrogens with zero attached hydrogens (tertiary/aromatic N) is 2. The second kappa shape index (κ2) is 6.30. The van der Waals surface area contributed by atoms with Crippen molar-refractivity contribution < 1.29 is 4.79 Å². The molecule has 2 heterocycles. The Labute approximate surface area is 121 Å². The number of amides is 1. The molecule has 19 heavy (non-hydrogen) atoms. The smallest absolute Gasteiger partial charge is 0.228 e. The Kier molecular flexibility index (Phi) is 4.71. The zero-order valence-electron chi connectivity index (χ0n) is 11.4. The van der Waals surface area contributed by atoms with Crippen LogP contribution in [-0.4, -0.2) is 29.4 Å².